The zero-order chi connectivity index (χ0) is 13.7. The molecule has 1 aromatic rings. The highest BCUT2D eigenvalue weighted by atomic mass is 35.5. The number of aromatic nitrogens is 1. The van der Waals surface area contributed by atoms with Crippen molar-refractivity contribution >= 4 is 29.4 Å². The van der Waals surface area contributed by atoms with E-state index in [1.54, 1.807) is 0 Å². The van der Waals surface area contributed by atoms with E-state index in [2.05, 4.69) is 10.3 Å². The van der Waals surface area contributed by atoms with Crippen LogP contribution in [0.5, 0.6) is 0 Å². The van der Waals surface area contributed by atoms with Crippen molar-refractivity contribution in [1.82, 2.24) is 10.3 Å². The Kier molecular flexibility index (Phi) is 4.61. The van der Waals surface area contributed by atoms with Gasteiger partial charge in [0.2, 0.25) is 0 Å². The van der Waals surface area contributed by atoms with Gasteiger partial charge in [-0.25, -0.2) is 4.79 Å². The number of halogens is 1. The van der Waals surface area contributed by atoms with Gasteiger partial charge in [0.25, 0.3) is 5.91 Å². The van der Waals surface area contributed by atoms with E-state index in [1.165, 1.54) is 12.3 Å². The van der Waals surface area contributed by atoms with Crippen LogP contribution in [0.25, 0.3) is 0 Å². The molecule has 3 N–H and O–H groups in total. The van der Waals surface area contributed by atoms with Crippen molar-refractivity contribution in [3.8, 4) is 0 Å². The summed E-state index contributed by atoms with van der Waals surface area (Å²) < 4.78 is 0. The highest BCUT2D eigenvalue weighted by Gasteiger charge is 2.24. The molecule has 1 amide bonds. The molecule has 0 aliphatic rings. The first-order valence-electron chi connectivity index (χ1n) is 4.76. The van der Waals surface area contributed by atoms with Crippen LogP contribution in [0.3, 0.4) is 0 Å². The highest BCUT2D eigenvalue weighted by molar-refractivity contribution is 6.33. The maximum Gasteiger partial charge on any atom is 0.326 e. The number of amides is 1. The molecule has 1 aromatic heterocycles. The number of carbonyl (C=O) groups is 3. The second kappa shape index (κ2) is 5.97. The number of hydrogen-bond donors (Lipinski definition) is 3. The first kappa shape index (κ1) is 13.9. The standard InChI is InChI=1S/C10H9ClN2O5/c11-6-1-2-12-4-5(6)9(16)13-7(10(17)18)3-8(14)15/h1-2,4,7H,3H2,(H,13,16)(H,14,15)(H,17,18)/t7-/m0/s1. The second-order valence-corrected chi connectivity index (χ2v) is 3.72. The van der Waals surface area contributed by atoms with E-state index in [9.17, 15) is 14.4 Å². The van der Waals surface area contributed by atoms with Gasteiger partial charge in [-0.15, -0.1) is 0 Å². The summed E-state index contributed by atoms with van der Waals surface area (Å²) in [6, 6.07) is -0.157. The molecule has 0 bridgehead atoms. The lowest BCUT2D eigenvalue weighted by Gasteiger charge is -2.12. The van der Waals surface area contributed by atoms with E-state index in [0.717, 1.165) is 6.20 Å². The van der Waals surface area contributed by atoms with E-state index in [4.69, 9.17) is 21.8 Å². The molecule has 96 valence electrons. The summed E-state index contributed by atoms with van der Waals surface area (Å²) in [4.78, 5) is 36.5. The summed E-state index contributed by atoms with van der Waals surface area (Å²) in [6.45, 7) is 0. The summed E-state index contributed by atoms with van der Waals surface area (Å²) >= 11 is 5.72. The monoisotopic (exact) mass is 272 g/mol. The zero-order valence-corrected chi connectivity index (χ0v) is 9.72. The molecule has 7 nitrogen and oxygen atoms in total. The van der Waals surface area contributed by atoms with Crippen LogP contribution < -0.4 is 5.32 Å². The number of carbonyl (C=O) groups excluding carboxylic acids is 1. The third kappa shape index (κ3) is 3.70. The van der Waals surface area contributed by atoms with Crippen molar-refractivity contribution in [3.63, 3.8) is 0 Å². The largest absolute Gasteiger partial charge is 0.481 e. The Balaban J connectivity index is 2.82. The van der Waals surface area contributed by atoms with Gasteiger partial charge < -0.3 is 15.5 Å². The minimum absolute atomic E-state index is 0.0178. The molecule has 0 aliphatic heterocycles. The minimum Gasteiger partial charge on any atom is -0.481 e. The van der Waals surface area contributed by atoms with Crippen LogP contribution in [-0.2, 0) is 9.59 Å². The molecule has 0 saturated heterocycles. The smallest absolute Gasteiger partial charge is 0.326 e. The fraction of sp³-hybridized carbons (Fsp3) is 0.200. The molecule has 8 heteroatoms. The molecule has 1 atom stereocenters. The van der Waals surface area contributed by atoms with Crippen LogP contribution in [-0.4, -0.2) is 39.1 Å². The quantitative estimate of drug-likeness (QED) is 0.714. The molecular weight excluding hydrogens is 264 g/mol. The molecule has 1 heterocycles. The van der Waals surface area contributed by atoms with Gasteiger partial charge in [-0.1, -0.05) is 11.6 Å². The summed E-state index contributed by atoms with van der Waals surface area (Å²) in [6.07, 6.45) is 1.81. The van der Waals surface area contributed by atoms with Crippen molar-refractivity contribution < 1.29 is 24.6 Å². The zero-order valence-electron chi connectivity index (χ0n) is 8.96. The number of rotatable bonds is 5. The predicted octanol–water partition coefficient (Wildman–Crippen LogP) is 0.393. The Morgan fingerprint density at radius 3 is 2.56 bits per heavy atom. The minimum atomic E-state index is -1.52. The highest BCUT2D eigenvalue weighted by Crippen LogP contribution is 2.13. The number of aliphatic carboxylic acids is 2. The molecule has 0 aromatic carbocycles. The lowest BCUT2D eigenvalue weighted by atomic mass is 10.2. The summed E-state index contributed by atoms with van der Waals surface area (Å²) in [5, 5.41) is 19.4. The Bertz CT molecular complexity index is 491. The maximum absolute atomic E-state index is 11.7. The Hall–Kier alpha value is -2.15. The van der Waals surface area contributed by atoms with Gasteiger partial charge in [0, 0.05) is 12.4 Å². The van der Waals surface area contributed by atoms with Gasteiger partial charge in [-0.05, 0) is 6.07 Å². The number of carboxylic acid groups (broad SMARTS) is 2. The van der Waals surface area contributed by atoms with Gasteiger partial charge in [0.05, 0.1) is 17.0 Å². The Morgan fingerprint density at radius 2 is 2.06 bits per heavy atom. The van der Waals surface area contributed by atoms with E-state index < -0.39 is 30.3 Å². The average molecular weight is 273 g/mol. The fourth-order valence-electron chi connectivity index (χ4n) is 1.16. The van der Waals surface area contributed by atoms with Gasteiger partial charge in [0.1, 0.15) is 6.04 Å². The summed E-state index contributed by atoms with van der Waals surface area (Å²) in [5.74, 6) is -3.56. The lowest BCUT2D eigenvalue weighted by Crippen LogP contribution is -2.42. The SMILES string of the molecule is O=C(O)C[C@H](NC(=O)c1cnccc1Cl)C(=O)O. The van der Waals surface area contributed by atoms with Crippen LogP contribution in [0.2, 0.25) is 5.02 Å². The molecule has 0 fully saturated rings. The summed E-state index contributed by atoms with van der Waals surface area (Å²) in [7, 11) is 0. The van der Waals surface area contributed by atoms with Gasteiger partial charge >= 0.3 is 11.9 Å². The Morgan fingerprint density at radius 1 is 1.39 bits per heavy atom. The molecule has 0 radical (unpaired) electrons. The number of pyridine rings is 1. The first-order chi connectivity index (χ1) is 8.41. The van der Waals surface area contributed by atoms with E-state index in [0.29, 0.717) is 0 Å². The number of nitrogens with one attached hydrogen (secondary N) is 1. The third-order valence-electron chi connectivity index (χ3n) is 1.99. The van der Waals surface area contributed by atoms with Gasteiger partial charge in [0.15, 0.2) is 0 Å². The molecular formula is C10H9ClN2O5. The van der Waals surface area contributed by atoms with Crippen molar-refractivity contribution in [2.45, 2.75) is 12.5 Å². The van der Waals surface area contributed by atoms with Crippen molar-refractivity contribution in [3.05, 3.63) is 29.0 Å². The van der Waals surface area contributed by atoms with E-state index in [-0.39, 0.29) is 10.6 Å². The molecule has 0 spiro atoms. The van der Waals surface area contributed by atoms with Crippen molar-refractivity contribution in [2.24, 2.45) is 0 Å². The van der Waals surface area contributed by atoms with Crippen LogP contribution in [0.4, 0.5) is 0 Å². The second-order valence-electron chi connectivity index (χ2n) is 3.32. The van der Waals surface area contributed by atoms with Crippen LogP contribution in [0.1, 0.15) is 16.8 Å². The molecule has 18 heavy (non-hydrogen) atoms. The van der Waals surface area contributed by atoms with Crippen LogP contribution >= 0.6 is 11.6 Å². The fourth-order valence-corrected chi connectivity index (χ4v) is 1.35. The molecule has 0 aliphatic carbocycles. The molecule has 0 saturated carbocycles. The average Bonchev–Trinajstić information content (AvgIpc) is 2.27. The molecule has 1 rings (SSSR count). The third-order valence-corrected chi connectivity index (χ3v) is 2.32. The van der Waals surface area contributed by atoms with Crippen LogP contribution in [0.15, 0.2) is 18.5 Å². The normalized spacial score (nSPS) is 11.6. The van der Waals surface area contributed by atoms with Gasteiger partial charge in [-0.2, -0.15) is 0 Å². The summed E-state index contributed by atoms with van der Waals surface area (Å²) in [5.41, 5.74) is -0.0178. The number of carboxylic acids is 2. The molecule has 0 unspecified atom stereocenters. The van der Waals surface area contributed by atoms with E-state index in [1.807, 2.05) is 0 Å². The number of hydrogen-bond acceptors (Lipinski definition) is 4. The van der Waals surface area contributed by atoms with E-state index >= 15 is 0 Å². The Labute approximate surface area is 106 Å². The number of nitrogens with zero attached hydrogens (tertiary/aromatic N) is 1. The predicted molar refractivity (Wildman–Crippen MR) is 60.4 cm³/mol. The van der Waals surface area contributed by atoms with Gasteiger partial charge in [-0.3, -0.25) is 14.6 Å². The maximum atomic E-state index is 11.7. The first-order valence-corrected chi connectivity index (χ1v) is 5.14. The lowest BCUT2D eigenvalue weighted by molar-refractivity contribution is -0.145. The van der Waals surface area contributed by atoms with Crippen molar-refractivity contribution in [1.29, 1.82) is 0 Å². The van der Waals surface area contributed by atoms with Crippen LogP contribution in [0, 0.1) is 0 Å². The van der Waals surface area contributed by atoms with Crippen molar-refractivity contribution in [2.75, 3.05) is 0 Å². The topological polar surface area (TPSA) is 117 Å².